The third kappa shape index (κ3) is 4.72. The van der Waals surface area contributed by atoms with Crippen molar-refractivity contribution in [3.8, 4) is 0 Å². The summed E-state index contributed by atoms with van der Waals surface area (Å²) in [5.74, 6) is -0.702. The average molecular weight is 435 g/mol. The van der Waals surface area contributed by atoms with Crippen molar-refractivity contribution >= 4 is 35.0 Å². The molecule has 0 N–H and O–H groups in total. The first-order valence-corrected chi connectivity index (χ1v) is 9.24. The van der Waals surface area contributed by atoms with Crippen LogP contribution in [0.15, 0.2) is 17.4 Å². The molecular weight excluding hydrogens is 417 g/mol. The summed E-state index contributed by atoms with van der Waals surface area (Å²) in [4.78, 5) is 36.4. The van der Waals surface area contributed by atoms with Crippen molar-refractivity contribution in [1.29, 1.82) is 0 Å². The highest BCUT2D eigenvalue weighted by atomic mass is 35.5. The molecule has 0 aliphatic carbocycles. The predicted molar refractivity (Wildman–Crippen MR) is 96.6 cm³/mol. The van der Waals surface area contributed by atoms with E-state index in [4.69, 9.17) is 21.2 Å². The maximum absolute atomic E-state index is 12.7. The Morgan fingerprint density at radius 2 is 2.00 bits per heavy atom. The van der Waals surface area contributed by atoms with E-state index in [9.17, 15) is 22.8 Å². The second-order valence-corrected chi connectivity index (χ2v) is 6.80. The molecule has 2 aliphatic rings. The number of alkyl halides is 3. The van der Waals surface area contributed by atoms with Gasteiger partial charge in [-0.2, -0.15) is 13.2 Å². The van der Waals surface area contributed by atoms with Crippen LogP contribution in [0.25, 0.3) is 0 Å². The number of hydrogen-bond acceptors (Lipinski definition) is 7. The van der Waals surface area contributed by atoms with E-state index in [2.05, 4.69) is 10.1 Å². The van der Waals surface area contributed by atoms with Crippen LogP contribution < -0.4 is 4.90 Å². The Morgan fingerprint density at radius 1 is 1.31 bits per heavy atom. The number of piperazine rings is 1. The summed E-state index contributed by atoms with van der Waals surface area (Å²) in [5.41, 5.74) is -0.861. The Balaban J connectivity index is 1.56. The molecule has 0 spiro atoms. The van der Waals surface area contributed by atoms with Gasteiger partial charge in [-0.15, -0.1) is 0 Å². The third-order valence-corrected chi connectivity index (χ3v) is 4.77. The molecule has 1 unspecified atom stereocenters. The molecule has 1 aromatic rings. The van der Waals surface area contributed by atoms with Crippen LogP contribution >= 0.6 is 11.6 Å². The zero-order valence-electron chi connectivity index (χ0n) is 15.4. The van der Waals surface area contributed by atoms with Crippen LogP contribution in [0, 0.1) is 0 Å². The molecule has 29 heavy (non-hydrogen) atoms. The summed E-state index contributed by atoms with van der Waals surface area (Å²) in [7, 11) is 0. The Hall–Kier alpha value is -2.56. The van der Waals surface area contributed by atoms with Crippen molar-refractivity contribution in [1.82, 2.24) is 9.88 Å². The Kier molecular flexibility index (Phi) is 6.15. The van der Waals surface area contributed by atoms with E-state index < -0.39 is 23.8 Å². The number of rotatable bonds is 4. The van der Waals surface area contributed by atoms with Crippen molar-refractivity contribution in [3.05, 3.63) is 22.8 Å². The monoisotopic (exact) mass is 434 g/mol. The quantitative estimate of drug-likeness (QED) is 0.675. The first-order valence-electron chi connectivity index (χ1n) is 8.87. The van der Waals surface area contributed by atoms with Crippen LogP contribution in [0.5, 0.6) is 0 Å². The summed E-state index contributed by atoms with van der Waals surface area (Å²) in [6.07, 6.45) is -4.65. The van der Waals surface area contributed by atoms with Gasteiger partial charge < -0.3 is 19.4 Å². The normalized spacial score (nSPS) is 19.6. The first kappa shape index (κ1) is 21.2. The number of oxime groups is 1. The molecule has 3 heterocycles. The summed E-state index contributed by atoms with van der Waals surface area (Å²) in [6, 6.07) is 0.835. The molecule has 0 bridgehead atoms. The van der Waals surface area contributed by atoms with Crippen molar-refractivity contribution < 1.29 is 32.3 Å². The average Bonchev–Trinajstić information content (AvgIpc) is 3.17. The van der Waals surface area contributed by atoms with Crippen molar-refractivity contribution in [2.75, 3.05) is 37.7 Å². The number of nitrogens with zero attached hydrogens (tertiary/aromatic N) is 4. The van der Waals surface area contributed by atoms with Gasteiger partial charge in [-0.05, 0) is 13.0 Å². The minimum Gasteiger partial charge on any atom is -0.461 e. The molecule has 1 atom stereocenters. The van der Waals surface area contributed by atoms with Gasteiger partial charge in [0.05, 0.1) is 17.2 Å². The van der Waals surface area contributed by atoms with Gasteiger partial charge in [0, 0.05) is 38.8 Å². The zero-order valence-corrected chi connectivity index (χ0v) is 16.2. The van der Waals surface area contributed by atoms with Crippen molar-refractivity contribution in [3.63, 3.8) is 0 Å². The molecule has 0 radical (unpaired) electrons. The van der Waals surface area contributed by atoms with E-state index in [0.29, 0.717) is 26.2 Å². The number of esters is 1. The maximum Gasteiger partial charge on any atom is 0.417 e. The van der Waals surface area contributed by atoms with Crippen LogP contribution in [-0.2, 0) is 25.3 Å². The van der Waals surface area contributed by atoms with E-state index in [1.165, 1.54) is 0 Å². The van der Waals surface area contributed by atoms with Crippen LogP contribution in [-0.4, -0.2) is 66.4 Å². The summed E-state index contributed by atoms with van der Waals surface area (Å²) in [6.45, 7) is 3.12. The third-order valence-electron chi connectivity index (χ3n) is 4.50. The molecule has 0 aromatic carbocycles. The van der Waals surface area contributed by atoms with Gasteiger partial charge in [0.15, 0.2) is 5.71 Å². The Morgan fingerprint density at radius 3 is 2.59 bits per heavy atom. The van der Waals surface area contributed by atoms with E-state index in [1.807, 2.05) is 0 Å². The Bertz CT molecular complexity index is 825. The minimum atomic E-state index is -4.52. The second-order valence-electron chi connectivity index (χ2n) is 6.40. The van der Waals surface area contributed by atoms with Gasteiger partial charge in [-0.25, -0.2) is 9.78 Å². The molecule has 0 saturated carbocycles. The highest BCUT2D eigenvalue weighted by molar-refractivity contribution is 6.37. The lowest BCUT2D eigenvalue weighted by atomic mass is 10.1. The highest BCUT2D eigenvalue weighted by Crippen LogP contribution is 2.33. The molecule has 12 heteroatoms. The first-order chi connectivity index (χ1) is 13.7. The lowest BCUT2D eigenvalue weighted by Gasteiger charge is -2.36. The summed E-state index contributed by atoms with van der Waals surface area (Å²) in [5, 5.41) is 3.51. The number of ether oxygens (including phenoxy) is 1. The van der Waals surface area contributed by atoms with E-state index in [-0.39, 0.29) is 35.5 Å². The fourth-order valence-electron chi connectivity index (χ4n) is 3.01. The van der Waals surface area contributed by atoms with Crippen molar-refractivity contribution in [2.24, 2.45) is 5.16 Å². The largest absolute Gasteiger partial charge is 0.461 e. The molecule has 1 fully saturated rings. The summed E-state index contributed by atoms with van der Waals surface area (Å²) < 4.78 is 43.1. The molecule has 1 aromatic heterocycles. The molecule has 2 aliphatic heterocycles. The lowest BCUT2D eigenvalue weighted by molar-refractivity contribution is -0.142. The lowest BCUT2D eigenvalue weighted by Crippen LogP contribution is -2.52. The second kappa shape index (κ2) is 8.44. The van der Waals surface area contributed by atoms with Gasteiger partial charge in [-0.1, -0.05) is 16.8 Å². The van der Waals surface area contributed by atoms with E-state index in [0.717, 1.165) is 12.3 Å². The predicted octanol–water partition coefficient (Wildman–Crippen LogP) is 2.11. The van der Waals surface area contributed by atoms with Crippen LogP contribution in [0.4, 0.5) is 19.0 Å². The minimum absolute atomic E-state index is 0.0319. The molecule has 1 saturated heterocycles. The molecular formula is C17H18ClF3N4O4. The number of anilines is 1. The van der Waals surface area contributed by atoms with Crippen molar-refractivity contribution in [2.45, 2.75) is 25.6 Å². The van der Waals surface area contributed by atoms with Gasteiger partial charge in [0.2, 0.25) is 6.10 Å². The van der Waals surface area contributed by atoms with Gasteiger partial charge in [0.1, 0.15) is 5.82 Å². The maximum atomic E-state index is 12.7. The van der Waals surface area contributed by atoms with Crippen LogP contribution in [0.2, 0.25) is 5.02 Å². The van der Waals surface area contributed by atoms with Gasteiger partial charge in [-0.3, -0.25) is 4.79 Å². The SMILES string of the molecule is CCOC(=O)C1=NOC(C(=O)N2CCN(c3ncc(C(F)(F)F)cc3Cl)CC2)C1. The molecule has 1 amide bonds. The van der Waals surface area contributed by atoms with Gasteiger partial charge >= 0.3 is 12.1 Å². The number of amides is 1. The molecule has 158 valence electrons. The zero-order chi connectivity index (χ0) is 21.2. The van der Waals surface area contributed by atoms with E-state index in [1.54, 1.807) is 16.7 Å². The number of carbonyl (C=O) groups excluding carboxylic acids is 2. The smallest absolute Gasteiger partial charge is 0.417 e. The van der Waals surface area contributed by atoms with Crippen LogP contribution in [0.3, 0.4) is 0 Å². The topological polar surface area (TPSA) is 84.3 Å². The van der Waals surface area contributed by atoms with E-state index >= 15 is 0 Å². The Labute approximate surface area is 169 Å². The number of pyridine rings is 1. The molecule has 8 nitrogen and oxygen atoms in total. The standard InChI is InChI=1S/C17H18ClF3N4O4/c1-2-28-16(27)12-8-13(29-23-12)15(26)25-5-3-24(4-6-25)14-11(18)7-10(9-22-14)17(19,20)21/h7,9,13H,2-6,8H2,1H3. The number of aromatic nitrogens is 1. The van der Waals surface area contributed by atoms with Crippen LogP contribution in [0.1, 0.15) is 18.9 Å². The fourth-order valence-corrected chi connectivity index (χ4v) is 3.29. The number of halogens is 4. The highest BCUT2D eigenvalue weighted by Gasteiger charge is 2.37. The fraction of sp³-hybridized carbons (Fsp3) is 0.529. The molecule has 3 rings (SSSR count). The van der Waals surface area contributed by atoms with Gasteiger partial charge in [0.25, 0.3) is 5.91 Å². The number of hydrogen-bond donors (Lipinski definition) is 0. The summed E-state index contributed by atoms with van der Waals surface area (Å²) >= 11 is 5.98. The number of carbonyl (C=O) groups is 2.